The monoisotopic (exact) mass is 277 g/mol. The number of rotatable bonds is 3. The van der Waals surface area contributed by atoms with Crippen molar-refractivity contribution < 1.29 is 4.84 Å². The summed E-state index contributed by atoms with van der Waals surface area (Å²) in [6.45, 7) is 2.06. The molecule has 12 heavy (non-hydrogen) atoms. The van der Waals surface area contributed by atoms with Crippen LogP contribution in [0.5, 0.6) is 0 Å². The summed E-state index contributed by atoms with van der Waals surface area (Å²) in [4.78, 5) is 4.84. The van der Waals surface area contributed by atoms with Gasteiger partial charge in [0.05, 0.1) is 13.2 Å². The van der Waals surface area contributed by atoms with Gasteiger partial charge in [-0.05, 0) is 47.2 Å². The molecule has 0 aliphatic heterocycles. The average Bonchev–Trinajstić information content (AvgIpc) is 2.06. The Morgan fingerprint density at radius 1 is 1.33 bits per heavy atom. The molecule has 1 N–H and O–H groups in total. The highest BCUT2D eigenvalue weighted by Crippen LogP contribution is 2.13. The molecule has 0 fully saturated rings. The molecule has 0 bridgehead atoms. The maximum absolute atomic E-state index is 4.84. The van der Waals surface area contributed by atoms with Gasteiger partial charge in [-0.3, -0.25) is 0 Å². The number of nitrogens with one attached hydrogen (secondary N) is 1. The fourth-order valence-corrected chi connectivity index (χ4v) is 1.36. The van der Waals surface area contributed by atoms with E-state index in [1.165, 1.54) is 9.13 Å². The molecule has 3 heteroatoms. The Kier molecular flexibility index (Phi) is 3.97. The Balaban J connectivity index is 2.68. The van der Waals surface area contributed by atoms with E-state index < -0.39 is 0 Å². The highest BCUT2D eigenvalue weighted by atomic mass is 127. The highest BCUT2D eigenvalue weighted by molar-refractivity contribution is 14.1. The number of benzene rings is 1. The van der Waals surface area contributed by atoms with Gasteiger partial charge in [-0.15, -0.1) is 0 Å². The zero-order valence-electron chi connectivity index (χ0n) is 7.17. The van der Waals surface area contributed by atoms with Crippen molar-refractivity contribution in [2.24, 2.45) is 0 Å². The van der Waals surface area contributed by atoms with Crippen LogP contribution < -0.4 is 5.48 Å². The Labute approximate surface area is 86.4 Å². The van der Waals surface area contributed by atoms with Gasteiger partial charge in [0, 0.05) is 3.57 Å². The summed E-state index contributed by atoms with van der Waals surface area (Å²) in [7, 11) is 1.63. The second-order valence-corrected chi connectivity index (χ2v) is 3.84. The number of hydrogen-bond donors (Lipinski definition) is 1. The van der Waals surface area contributed by atoms with Crippen molar-refractivity contribution in [2.45, 2.75) is 13.0 Å². The molecule has 0 amide bonds. The first kappa shape index (κ1) is 9.95. The van der Waals surface area contributed by atoms with Crippen LogP contribution in [0.4, 0.5) is 0 Å². The SMILES string of the molecule is CONC(C)c1ccc(I)cc1. The van der Waals surface area contributed by atoms with E-state index in [0.717, 1.165) is 0 Å². The van der Waals surface area contributed by atoms with Crippen LogP contribution in [0.3, 0.4) is 0 Å². The van der Waals surface area contributed by atoms with Gasteiger partial charge in [0.25, 0.3) is 0 Å². The van der Waals surface area contributed by atoms with Crippen LogP contribution in [-0.2, 0) is 4.84 Å². The molecule has 0 spiro atoms. The summed E-state index contributed by atoms with van der Waals surface area (Å²) in [6.07, 6.45) is 0. The third kappa shape index (κ3) is 2.73. The molecule has 0 radical (unpaired) electrons. The number of hydrogen-bond acceptors (Lipinski definition) is 2. The van der Waals surface area contributed by atoms with Gasteiger partial charge in [-0.2, -0.15) is 5.48 Å². The average molecular weight is 277 g/mol. The molecule has 66 valence electrons. The molecule has 0 heterocycles. The third-order valence-electron chi connectivity index (χ3n) is 1.66. The van der Waals surface area contributed by atoms with Gasteiger partial charge in [-0.25, -0.2) is 0 Å². The first-order valence-electron chi connectivity index (χ1n) is 3.78. The van der Waals surface area contributed by atoms with E-state index in [2.05, 4.69) is 59.3 Å². The summed E-state index contributed by atoms with van der Waals surface area (Å²) in [5.41, 5.74) is 4.11. The molecule has 0 aromatic heterocycles. The van der Waals surface area contributed by atoms with Crippen LogP contribution in [0.25, 0.3) is 0 Å². The maximum atomic E-state index is 4.84. The number of hydroxylamine groups is 1. The van der Waals surface area contributed by atoms with Crippen LogP contribution in [0.1, 0.15) is 18.5 Å². The molecular weight excluding hydrogens is 265 g/mol. The lowest BCUT2D eigenvalue weighted by Gasteiger charge is -2.11. The van der Waals surface area contributed by atoms with Gasteiger partial charge >= 0.3 is 0 Å². The summed E-state index contributed by atoms with van der Waals surface area (Å²) in [5, 5.41) is 0. The van der Waals surface area contributed by atoms with Gasteiger partial charge in [-0.1, -0.05) is 12.1 Å². The van der Waals surface area contributed by atoms with Crippen molar-refractivity contribution in [1.29, 1.82) is 0 Å². The second-order valence-electron chi connectivity index (χ2n) is 2.60. The van der Waals surface area contributed by atoms with Crippen LogP contribution in [0.15, 0.2) is 24.3 Å². The largest absolute Gasteiger partial charge is 0.305 e. The molecule has 1 aromatic carbocycles. The Morgan fingerprint density at radius 2 is 1.92 bits per heavy atom. The Hall–Kier alpha value is -0.130. The van der Waals surface area contributed by atoms with E-state index in [-0.39, 0.29) is 6.04 Å². The summed E-state index contributed by atoms with van der Waals surface area (Å²) in [5.74, 6) is 0. The summed E-state index contributed by atoms with van der Waals surface area (Å²) >= 11 is 2.29. The lowest BCUT2D eigenvalue weighted by molar-refractivity contribution is 0.0659. The molecule has 1 aromatic rings. The molecule has 0 aliphatic rings. The Morgan fingerprint density at radius 3 is 2.42 bits per heavy atom. The minimum absolute atomic E-state index is 0.243. The van der Waals surface area contributed by atoms with E-state index in [9.17, 15) is 0 Å². The molecule has 0 saturated carbocycles. The molecule has 2 nitrogen and oxygen atoms in total. The fourth-order valence-electron chi connectivity index (χ4n) is 0.996. The first-order valence-corrected chi connectivity index (χ1v) is 4.86. The zero-order valence-corrected chi connectivity index (χ0v) is 9.33. The quantitative estimate of drug-likeness (QED) is 0.677. The molecular formula is C9H12INO. The van der Waals surface area contributed by atoms with Gasteiger partial charge < -0.3 is 4.84 Å². The van der Waals surface area contributed by atoms with Gasteiger partial charge in [0.1, 0.15) is 0 Å². The minimum atomic E-state index is 0.243. The zero-order chi connectivity index (χ0) is 8.97. The van der Waals surface area contributed by atoms with Crippen LogP contribution in [0, 0.1) is 3.57 Å². The van der Waals surface area contributed by atoms with E-state index in [0.29, 0.717) is 0 Å². The Bertz CT molecular complexity index is 235. The highest BCUT2D eigenvalue weighted by Gasteiger charge is 2.02. The van der Waals surface area contributed by atoms with Crippen LogP contribution in [0.2, 0.25) is 0 Å². The van der Waals surface area contributed by atoms with E-state index >= 15 is 0 Å². The van der Waals surface area contributed by atoms with E-state index in [1.807, 2.05) is 0 Å². The number of halogens is 1. The van der Waals surface area contributed by atoms with Crippen molar-refractivity contribution >= 4 is 22.6 Å². The lowest BCUT2D eigenvalue weighted by atomic mass is 10.1. The van der Waals surface area contributed by atoms with Gasteiger partial charge in [0.2, 0.25) is 0 Å². The molecule has 1 unspecified atom stereocenters. The predicted octanol–water partition coefficient (Wildman–Crippen LogP) is 2.50. The lowest BCUT2D eigenvalue weighted by Crippen LogP contribution is -2.16. The normalized spacial score (nSPS) is 12.9. The van der Waals surface area contributed by atoms with Crippen molar-refractivity contribution in [3.8, 4) is 0 Å². The maximum Gasteiger partial charge on any atom is 0.0572 e. The van der Waals surface area contributed by atoms with Crippen molar-refractivity contribution in [3.05, 3.63) is 33.4 Å². The van der Waals surface area contributed by atoms with Crippen LogP contribution in [-0.4, -0.2) is 7.11 Å². The third-order valence-corrected chi connectivity index (χ3v) is 2.38. The summed E-state index contributed by atoms with van der Waals surface area (Å²) in [6, 6.07) is 8.61. The van der Waals surface area contributed by atoms with Gasteiger partial charge in [0.15, 0.2) is 0 Å². The summed E-state index contributed by atoms with van der Waals surface area (Å²) < 4.78 is 1.25. The van der Waals surface area contributed by atoms with E-state index in [1.54, 1.807) is 7.11 Å². The second kappa shape index (κ2) is 4.79. The first-order chi connectivity index (χ1) is 5.74. The molecule has 0 aliphatic carbocycles. The van der Waals surface area contributed by atoms with Crippen molar-refractivity contribution in [3.63, 3.8) is 0 Å². The standard InChI is InChI=1S/C9H12INO/c1-7(11-12-2)8-3-5-9(10)6-4-8/h3-7,11H,1-2H3. The van der Waals surface area contributed by atoms with Crippen LogP contribution >= 0.6 is 22.6 Å². The van der Waals surface area contributed by atoms with E-state index in [4.69, 9.17) is 4.84 Å². The smallest absolute Gasteiger partial charge is 0.0572 e. The fraction of sp³-hybridized carbons (Fsp3) is 0.333. The van der Waals surface area contributed by atoms with Crippen molar-refractivity contribution in [2.75, 3.05) is 7.11 Å². The molecule has 1 atom stereocenters. The topological polar surface area (TPSA) is 21.3 Å². The predicted molar refractivity (Wildman–Crippen MR) is 57.7 cm³/mol. The molecule has 0 saturated heterocycles. The minimum Gasteiger partial charge on any atom is -0.305 e. The van der Waals surface area contributed by atoms with Crippen molar-refractivity contribution in [1.82, 2.24) is 5.48 Å². The molecule has 1 rings (SSSR count).